The number of fused-ring (bicyclic) bond motifs is 1. The van der Waals surface area contributed by atoms with Crippen LogP contribution in [-0.2, 0) is 14.3 Å². The maximum Gasteiger partial charge on any atom is 0.310 e. The number of amides is 1. The lowest BCUT2D eigenvalue weighted by Crippen LogP contribution is -2.45. The summed E-state index contributed by atoms with van der Waals surface area (Å²) < 4.78 is 5.14. The van der Waals surface area contributed by atoms with Crippen molar-refractivity contribution in [3.05, 3.63) is 0 Å². The monoisotopic (exact) mass is 332 g/mol. The largest absolute Gasteiger partial charge is 0.463 e. The maximum absolute atomic E-state index is 12.2. The van der Waals surface area contributed by atoms with Crippen LogP contribution in [0.5, 0.6) is 0 Å². The van der Waals surface area contributed by atoms with Crippen molar-refractivity contribution in [2.24, 2.45) is 11.8 Å². The summed E-state index contributed by atoms with van der Waals surface area (Å²) >= 11 is 0. The molecule has 0 aromatic rings. The maximum atomic E-state index is 12.2. The Bertz CT molecular complexity index is 376. The minimum atomic E-state index is -0.306. The first-order valence-corrected chi connectivity index (χ1v) is 8.21. The Balaban J connectivity index is 0.00000242. The molecule has 2 rings (SSSR count). The zero-order chi connectivity index (χ0) is 15.4. The SMILES string of the molecule is CC(C)OC(=O)C(C)CNC(=O)C1CC2CCCCC2N1.Cl. The van der Waals surface area contributed by atoms with Gasteiger partial charge in [-0.25, -0.2) is 0 Å². The normalized spacial score (nSPS) is 28.5. The van der Waals surface area contributed by atoms with E-state index in [0.29, 0.717) is 18.5 Å². The highest BCUT2D eigenvalue weighted by Gasteiger charge is 2.38. The van der Waals surface area contributed by atoms with Gasteiger partial charge in [-0.05, 0) is 39.0 Å². The summed E-state index contributed by atoms with van der Waals surface area (Å²) in [7, 11) is 0. The van der Waals surface area contributed by atoms with E-state index in [4.69, 9.17) is 4.74 Å². The van der Waals surface area contributed by atoms with Crippen LogP contribution in [0.2, 0.25) is 0 Å². The molecule has 0 aromatic carbocycles. The summed E-state index contributed by atoms with van der Waals surface area (Å²) in [5.41, 5.74) is 0. The van der Waals surface area contributed by atoms with Gasteiger partial charge in [0.1, 0.15) is 0 Å². The van der Waals surface area contributed by atoms with E-state index in [-0.39, 0.29) is 42.3 Å². The standard InChI is InChI=1S/C16H28N2O3.ClH/c1-10(2)21-16(20)11(3)9-17-15(19)14-8-12-6-4-5-7-13(12)18-14;/h10-14,18H,4-9H2,1-3H3,(H,17,19);1H. The topological polar surface area (TPSA) is 67.4 Å². The smallest absolute Gasteiger partial charge is 0.310 e. The fraction of sp³-hybridized carbons (Fsp3) is 0.875. The Labute approximate surface area is 139 Å². The van der Waals surface area contributed by atoms with Crippen molar-refractivity contribution in [1.29, 1.82) is 0 Å². The van der Waals surface area contributed by atoms with Crippen LogP contribution < -0.4 is 10.6 Å². The molecule has 2 fully saturated rings. The Morgan fingerprint density at radius 1 is 1.23 bits per heavy atom. The zero-order valence-corrected chi connectivity index (χ0v) is 14.6. The molecule has 128 valence electrons. The highest BCUT2D eigenvalue weighted by Crippen LogP contribution is 2.33. The predicted octanol–water partition coefficient (Wildman–Crippen LogP) is 2.03. The minimum absolute atomic E-state index is 0. The van der Waals surface area contributed by atoms with Crippen molar-refractivity contribution in [3.8, 4) is 0 Å². The van der Waals surface area contributed by atoms with Crippen molar-refractivity contribution in [1.82, 2.24) is 10.6 Å². The molecule has 1 amide bonds. The zero-order valence-electron chi connectivity index (χ0n) is 13.8. The molecule has 4 unspecified atom stereocenters. The number of hydrogen-bond donors (Lipinski definition) is 2. The van der Waals surface area contributed by atoms with E-state index in [1.165, 1.54) is 25.7 Å². The lowest BCUT2D eigenvalue weighted by Gasteiger charge is -2.24. The molecule has 1 heterocycles. The quantitative estimate of drug-likeness (QED) is 0.756. The van der Waals surface area contributed by atoms with Crippen molar-refractivity contribution < 1.29 is 14.3 Å². The number of rotatable bonds is 5. The van der Waals surface area contributed by atoms with E-state index in [9.17, 15) is 9.59 Å². The number of hydrogen-bond acceptors (Lipinski definition) is 4. The fourth-order valence-electron chi connectivity index (χ4n) is 3.33. The average Bonchev–Trinajstić information content (AvgIpc) is 2.87. The van der Waals surface area contributed by atoms with Crippen LogP contribution in [0, 0.1) is 11.8 Å². The molecule has 0 aromatic heterocycles. The number of carbonyl (C=O) groups excluding carboxylic acids is 2. The third-order valence-corrected chi connectivity index (χ3v) is 4.52. The van der Waals surface area contributed by atoms with Crippen LogP contribution in [0.4, 0.5) is 0 Å². The third kappa shape index (κ3) is 5.13. The van der Waals surface area contributed by atoms with E-state index in [1.807, 2.05) is 13.8 Å². The van der Waals surface area contributed by atoms with Crippen molar-refractivity contribution in [2.45, 2.75) is 71.1 Å². The molecule has 0 spiro atoms. The minimum Gasteiger partial charge on any atom is -0.463 e. The molecule has 22 heavy (non-hydrogen) atoms. The van der Waals surface area contributed by atoms with E-state index in [0.717, 1.165) is 6.42 Å². The van der Waals surface area contributed by atoms with Crippen molar-refractivity contribution >= 4 is 24.3 Å². The summed E-state index contributed by atoms with van der Waals surface area (Å²) in [5.74, 6) is 0.116. The average molecular weight is 333 g/mol. The first kappa shape index (κ1) is 19.2. The van der Waals surface area contributed by atoms with Gasteiger partial charge in [0, 0.05) is 12.6 Å². The summed E-state index contributed by atoms with van der Waals surface area (Å²) in [6.07, 6.45) is 5.79. The van der Waals surface area contributed by atoms with Crippen LogP contribution in [0.25, 0.3) is 0 Å². The molecular formula is C16H29ClN2O3. The number of halogens is 1. The summed E-state index contributed by atoms with van der Waals surface area (Å²) in [4.78, 5) is 23.9. The second-order valence-electron chi connectivity index (χ2n) is 6.74. The molecule has 1 saturated carbocycles. The molecular weight excluding hydrogens is 304 g/mol. The van der Waals surface area contributed by atoms with Gasteiger partial charge in [0.05, 0.1) is 18.1 Å². The summed E-state index contributed by atoms with van der Waals surface area (Å²) in [6, 6.07) is 0.421. The Morgan fingerprint density at radius 3 is 2.55 bits per heavy atom. The number of ether oxygens (including phenoxy) is 1. The van der Waals surface area contributed by atoms with Gasteiger partial charge in [0.2, 0.25) is 5.91 Å². The fourth-order valence-corrected chi connectivity index (χ4v) is 3.33. The first-order chi connectivity index (χ1) is 9.97. The number of carbonyl (C=O) groups is 2. The van der Waals surface area contributed by atoms with E-state index < -0.39 is 0 Å². The van der Waals surface area contributed by atoms with Gasteiger partial charge in [0.25, 0.3) is 0 Å². The van der Waals surface area contributed by atoms with Gasteiger partial charge in [-0.3, -0.25) is 9.59 Å². The van der Waals surface area contributed by atoms with E-state index >= 15 is 0 Å². The number of nitrogens with one attached hydrogen (secondary N) is 2. The molecule has 0 radical (unpaired) electrons. The molecule has 2 N–H and O–H groups in total. The van der Waals surface area contributed by atoms with Crippen molar-refractivity contribution in [3.63, 3.8) is 0 Å². The van der Waals surface area contributed by atoms with E-state index in [1.54, 1.807) is 6.92 Å². The summed E-state index contributed by atoms with van der Waals surface area (Å²) in [5, 5.41) is 6.34. The van der Waals surface area contributed by atoms with Crippen LogP contribution in [0.3, 0.4) is 0 Å². The first-order valence-electron chi connectivity index (χ1n) is 8.21. The molecule has 2 aliphatic rings. The Morgan fingerprint density at radius 2 is 1.91 bits per heavy atom. The van der Waals surface area contributed by atoms with E-state index in [2.05, 4.69) is 10.6 Å². The molecule has 1 aliphatic heterocycles. The lowest BCUT2D eigenvalue weighted by molar-refractivity contribution is -0.151. The summed E-state index contributed by atoms with van der Waals surface area (Å²) in [6.45, 7) is 5.78. The highest BCUT2D eigenvalue weighted by atomic mass is 35.5. The molecule has 6 heteroatoms. The van der Waals surface area contributed by atoms with Crippen LogP contribution >= 0.6 is 12.4 Å². The molecule has 0 bridgehead atoms. The molecule has 4 atom stereocenters. The highest BCUT2D eigenvalue weighted by molar-refractivity contribution is 5.85. The van der Waals surface area contributed by atoms with Crippen LogP contribution in [0.15, 0.2) is 0 Å². The van der Waals surface area contributed by atoms with Gasteiger partial charge < -0.3 is 15.4 Å². The van der Waals surface area contributed by atoms with Gasteiger partial charge in [-0.1, -0.05) is 19.8 Å². The third-order valence-electron chi connectivity index (χ3n) is 4.52. The van der Waals surface area contributed by atoms with Gasteiger partial charge in [0.15, 0.2) is 0 Å². The molecule has 1 saturated heterocycles. The number of esters is 1. The molecule has 1 aliphatic carbocycles. The Kier molecular flexibility index (Phi) is 7.63. The van der Waals surface area contributed by atoms with Gasteiger partial charge in [-0.15, -0.1) is 12.4 Å². The Hall–Kier alpha value is -0.810. The second-order valence-corrected chi connectivity index (χ2v) is 6.74. The van der Waals surface area contributed by atoms with Crippen LogP contribution in [0.1, 0.15) is 52.9 Å². The van der Waals surface area contributed by atoms with Gasteiger partial charge in [-0.2, -0.15) is 0 Å². The van der Waals surface area contributed by atoms with Gasteiger partial charge >= 0.3 is 5.97 Å². The lowest BCUT2D eigenvalue weighted by atomic mass is 9.85. The second kappa shape index (κ2) is 8.73. The molecule has 5 nitrogen and oxygen atoms in total. The van der Waals surface area contributed by atoms with Crippen molar-refractivity contribution in [2.75, 3.05) is 6.54 Å². The van der Waals surface area contributed by atoms with Crippen LogP contribution in [-0.4, -0.2) is 36.6 Å². The predicted molar refractivity (Wildman–Crippen MR) is 87.9 cm³/mol.